The molecule has 0 aliphatic rings. The molecule has 0 unspecified atom stereocenters. The molecule has 0 saturated heterocycles. The van der Waals surface area contributed by atoms with E-state index in [1.54, 1.807) is 30.3 Å². The van der Waals surface area contributed by atoms with Gasteiger partial charge in [0.25, 0.3) is 0 Å². The third-order valence-corrected chi connectivity index (χ3v) is 5.80. The van der Waals surface area contributed by atoms with Crippen LogP contribution in [0, 0.1) is 0 Å². The zero-order valence-electron chi connectivity index (χ0n) is 15.1. The number of carbonyl (C=O) groups is 1. The average Bonchev–Trinajstić information content (AvgIpc) is 2.59. The van der Waals surface area contributed by atoms with E-state index in [-0.39, 0.29) is 17.3 Å². The first-order valence-electron chi connectivity index (χ1n) is 7.99. The number of nitrogens with one attached hydrogen (secondary N) is 1. The molecule has 146 valence electrons. The molecule has 0 aliphatic heterocycles. The molecule has 6 nitrogen and oxygen atoms in total. The Labute approximate surface area is 169 Å². The Morgan fingerprint density at radius 2 is 1.85 bits per heavy atom. The molecule has 0 saturated carbocycles. The van der Waals surface area contributed by atoms with Gasteiger partial charge in [-0.1, -0.05) is 41.4 Å². The van der Waals surface area contributed by atoms with Gasteiger partial charge in [-0.3, -0.25) is 9.10 Å². The molecule has 0 spiro atoms. The minimum absolute atomic E-state index is 0.184. The lowest BCUT2D eigenvalue weighted by atomic mass is 10.2. The Hall–Kier alpha value is -1.96. The molecule has 2 aromatic carbocycles. The van der Waals surface area contributed by atoms with E-state index in [9.17, 15) is 13.2 Å². The minimum atomic E-state index is -3.74. The van der Waals surface area contributed by atoms with Crippen LogP contribution < -0.4 is 14.4 Å². The Bertz CT molecular complexity index is 935. The highest BCUT2D eigenvalue weighted by Crippen LogP contribution is 2.31. The van der Waals surface area contributed by atoms with E-state index >= 15 is 0 Å². The zero-order valence-corrected chi connectivity index (χ0v) is 17.4. The first kappa shape index (κ1) is 21.3. The minimum Gasteiger partial charge on any atom is -0.495 e. The summed E-state index contributed by atoms with van der Waals surface area (Å²) < 4.78 is 30.7. The summed E-state index contributed by atoms with van der Waals surface area (Å²) in [6.07, 6.45) is 1.03. The Morgan fingerprint density at radius 3 is 2.41 bits per heavy atom. The number of halogens is 2. The zero-order chi connectivity index (χ0) is 20.2. The van der Waals surface area contributed by atoms with Crippen LogP contribution in [0.2, 0.25) is 10.0 Å². The summed E-state index contributed by atoms with van der Waals surface area (Å²) in [5, 5.41) is 3.48. The van der Waals surface area contributed by atoms with Crippen LogP contribution >= 0.6 is 23.2 Å². The lowest BCUT2D eigenvalue weighted by Crippen LogP contribution is -2.47. The van der Waals surface area contributed by atoms with Crippen LogP contribution in [-0.2, 0) is 21.4 Å². The number of hydrogen-bond donors (Lipinski definition) is 1. The summed E-state index contributed by atoms with van der Waals surface area (Å²) in [5.74, 6) is -0.0584. The van der Waals surface area contributed by atoms with Crippen LogP contribution in [0.1, 0.15) is 12.5 Å². The van der Waals surface area contributed by atoms with E-state index in [2.05, 4.69) is 5.32 Å². The van der Waals surface area contributed by atoms with Crippen LogP contribution in [0.3, 0.4) is 0 Å². The molecule has 0 aliphatic carbocycles. The SMILES string of the molecule is COc1ccc(N([C@H](C)C(=O)NCc2ccccc2Cl)S(C)(=O)=O)cc1Cl. The number of benzene rings is 2. The summed E-state index contributed by atoms with van der Waals surface area (Å²) in [5.41, 5.74) is 1.00. The number of anilines is 1. The highest BCUT2D eigenvalue weighted by Gasteiger charge is 2.29. The van der Waals surface area contributed by atoms with Gasteiger partial charge in [0.15, 0.2) is 0 Å². The van der Waals surface area contributed by atoms with E-state index in [0.29, 0.717) is 10.8 Å². The van der Waals surface area contributed by atoms with Crippen molar-refractivity contribution in [1.29, 1.82) is 0 Å². The smallest absolute Gasteiger partial charge is 0.243 e. The predicted octanol–water partition coefficient (Wildman–Crippen LogP) is 3.47. The standard InChI is InChI=1S/C18H20Cl2N2O4S/c1-12(18(23)21-11-13-6-4-5-7-15(13)19)22(27(3,24)25)14-8-9-17(26-2)16(20)10-14/h4-10,12H,11H2,1-3H3,(H,21,23)/t12-/m1/s1. The first-order valence-corrected chi connectivity index (χ1v) is 10.6. The largest absolute Gasteiger partial charge is 0.495 e. The van der Waals surface area contributed by atoms with E-state index in [1.807, 2.05) is 0 Å². The molecular formula is C18H20Cl2N2O4S. The molecule has 0 fully saturated rings. The van der Waals surface area contributed by atoms with Crippen LogP contribution in [0.25, 0.3) is 0 Å². The Balaban J connectivity index is 2.24. The number of methoxy groups -OCH3 is 1. The van der Waals surface area contributed by atoms with Crippen LogP contribution in [0.5, 0.6) is 5.75 Å². The van der Waals surface area contributed by atoms with E-state index in [0.717, 1.165) is 16.1 Å². The molecule has 0 bridgehead atoms. The predicted molar refractivity (Wildman–Crippen MR) is 108 cm³/mol. The normalized spacial score (nSPS) is 12.3. The van der Waals surface area contributed by atoms with Gasteiger partial charge in [-0.25, -0.2) is 8.42 Å². The molecule has 2 aromatic rings. The fraction of sp³-hybridized carbons (Fsp3) is 0.278. The fourth-order valence-corrected chi connectivity index (χ4v) is 4.19. The quantitative estimate of drug-likeness (QED) is 0.729. The number of sulfonamides is 1. The number of carbonyl (C=O) groups excluding carboxylic acids is 1. The monoisotopic (exact) mass is 430 g/mol. The summed E-state index contributed by atoms with van der Waals surface area (Å²) in [6.45, 7) is 1.69. The molecule has 1 N–H and O–H groups in total. The maximum Gasteiger partial charge on any atom is 0.243 e. The molecule has 27 heavy (non-hydrogen) atoms. The molecule has 9 heteroatoms. The first-order chi connectivity index (χ1) is 12.6. The number of amides is 1. The third kappa shape index (κ3) is 5.28. The molecule has 0 heterocycles. The van der Waals surface area contributed by atoms with Crippen LogP contribution in [0.15, 0.2) is 42.5 Å². The van der Waals surface area contributed by atoms with Crippen molar-refractivity contribution in [3.63, 3.8) is 0 Å². The molecule has 1 atom stereocenters. The second-order valence-corrected chi connectivity index (χ2v) is 8.54. The van der Waals surface area contributed by atoms with Crippen molar-refractivity contribution in [2.75, 3.05) is 17.7 Å². The van der Waals surface area contributed by atoms with Gasteiger partial charge in [-0.05, 0) is 36.8 Å². The van der Waals surface area contributed by atoms with Crippen LogP contribution in [-0.4, -0.2) is 33.7 Å². The summed E-state index contributed by atoms with van der Waals surface area (Å²) in [4.78, 5) is 12.6. The molecule has 0 aromatic heterocycles. The van der Waals surface area contributed by atoms with E-state index in [4.69, 9.17) is 27.9 Å². The molecular weight excluding hydrogens is 411 g/mol. The fourth-order valence-electron chi connectivity index (χ4n) is 2.57. The lowest BCUT2D eigenvalue weighted by molar-refractivity contribution is -0.122. The van der Waals surface area contributed by atoms with Crippen molar-refractivity contribution in [1.82, 2.24) is 5.32 Å². The summed E-state index contributed by atoms with van der Waals surface area (Å²) >= 11 is 12.2. The number of nitrogens with zero attached hydrogens (tertiary/aromatic N) is 1. The maximum atomic E-state index is 12.6. The second kappa shape index (κ2) is 8.82. The molecule has 2 rings (SSSR count). The Morgan fingerprint density at radius 1 is 1.19 bits per heavy atom. The van der Waals surface area contributed by atoms with Gasteiger partial charge in [0.05, 0.1) is 24.1 Å². The third-order valence-electron chi connectivity index (χ3n) is 3.89. The summed E-state index contributed by atoms with van der Waals surface area (Å²) in [6, 6.07) is 10.6. The van der Waals surface area contributed by atoms with Gasteiger partial charge in [-0.2, -0.15) is 0 Å². The van der Waals surface area contributed by atoms with Crippen molar-refractivity contribution in [3.05, 3.63) is 58.1 Å². The van der Waals surface area contributed by atoms with Gasteiger partial charge < -0.3 is 10.1 Å². The van der Waals surface area contributed by atoms with Crippen molar-refractivity contribution >= 4 is 44.8 Å². The van der Waals surface area contributed by atoms with Gasteiger partial charge in [-0.15, -0.1) is 0 Å². The Kier molecular flexibility index (Phi) is 6.97. The second-order valence-electron chi connectivity index (χ2n) is 5.86. The highest BCUT2D eigenvalue weighted by molar-refractivity contribution is 7.92. The van der Waals surface area contributed by atoms with Gasteiger partial charge in [0.2, 0.25) is 15.9 Å². The van der Waals surface area contributed by atoms with Crippen molar-refractivity contribution in [2.45, 2.75) is 19.5 Å². The van der Waals surface area contributed by atoms with Crippen molar-refractivity contribution in [3.8, 4) is 5.75 Å². The van der Waals surface area contributed by atoms with Gasteiger partial charge in [0, 0.05) is 11.6 Å². The number of ether oxygens (including phenoxy) is 1. The van der Waals surface area contributed by atoms with Crippen molar-refractivity contribution in [2.24, 2.45) is 0 Å². The highest BCUT2D eigenvalue weighted by atomic mass is 35.5. The van der Waals surface area contributed by atoms with Gasteiger partial charge in [0.1, 0.15) is 11.8 Å². The lowest BCUT2D eigenvalue weighted by Gasteiger charge is -2.28. The van der Waals surface area contributed by atoms with Crippen molar-refractivity contribution < 1.29 is 17.9 Å². The molecule has 1 amide bonds. The van der Waals surface area contributed by atoms with E-state index < -0.39 is 22.0 Å². The number of hydrogen-bond acceptors (Lipinski definition) is 4. The molecule has 0 radical (unpaired) electrons. The average molecular weight is 431 g/mol. The maximum absolute atomic E-state index is 12.6. The van der Waals surface area contributed by atoms with Gasteiger partial charge >= 0.3 is 0 Å². The topological polar surface area (TPSA) is 75.7 Å². The number of rotatable bonds is 7. The van der Waals surface area contributed by atoms with Crippen LogP contribution in [0.4, 0.5) is 5.69 Å². The summed E-state index contributed by atoms with van der Waals surface area (Å²) in [7, 11) is -2.28. The van der Waals surface area contributed by atoms with E-state index in [1.165, 1.54) is 26.2 Å².